The Hall–Kier alpha value is -6.53. The number of nitrogens with one attached hydrogen (secondary N) is 3. The molecule has 17 heteroatoms. The molecule has 1 unspecified atom stereocenters. The van der Waals surface area contributed by atoms with Crippen molar-refractivity contribution in [2.45, 2.75) is 18.9 Å². The van der Waals surface area contributed by atoms with Gasteiger partial charge < -0.3 is 29.6 Å². The van der Waals surface area contributed by atoms with Crippen LogP contribution >= 0.6 is 0 Å². The van der Waals surface area contributed by atoms with Crippen LogP contribution in [0.25, 0.3) is 38.4 Å². The van der Waals surface area contributed by atoms with E-state index in [0.29, 0.717) is 77.2 Å². The number of anilines is 1. The molecule has 1 fully saturated rings. The Morgan fingerprint density at radius 3 is 2.26 bits per heavy atom. The number of carbonyl (C=O) groups is 5. The number of nitrogens with zero attached hydrogens (tertiary/aromatic N) is 4. The molecule has 6 aromatic rings. The van der Waals surface area contributed by atoms with Gasteiger partial charge in [0.25, 0.3) is 17.7 Å². The van der Waals surface area contributed by atoms with Gasteiger partial charge in [-0.2, -0.15) is 5.10 Å². The summed E-state index contributed by atoms with van der Waals surface area (Å²) in [6.45, 7) is 3.48. The zero-order chi connectivity index (χ0) is 42.5. The van der Waals surface area contributed by atoms with E-state index in [0.717, 1.165) is 43.3 Å². The highest BCUT2D eigenvalue weighted by atomic mass is 19.1. The number of hydrogen-bond acceptors (Lipinski definition) is 11. The van der Waals surface area contributed by atoms with Crippen molar-refractivity contribution in [1.29, 1.82) is 0 Å². The van der Waals surface area contributed by atoms with Crippen molar-refractivity contribution >= 4 is 67.9 Å². The van der Waals surface area contributed by atoms with Gasteiger partial charge in [0.2, 0.25) is 11.8 Å². The quantitative estimate of drug-likeness (QED) is 0.0789. The van der Waals surface area contributed by atoms with Gasteiger partial charge in [0.05, 0.1) is 69.5 Å². The van der Waals surface area contributed by atoms with Gasteiger partial charge in [-0.3, -0.25) is 43.4 Å². The summed E-state index contributed by atoms with van der Waals surface area (Å²) in [5.41, 5.74) is 3.92. The van der Waals surface area contributed by atoms with E-state index in [9.17, 15) is 28.4 Å². The Morgan fingerprint density at radius 1 is 0.803 bits per heavy atom. The fraction of sp³-hybridized carbons (Fsp3) is 0.318. The average molecular weight is 834 g/mol. The van der Waals surface area contributed by atoms with Crippen molar-refractivity contribution in [1.82, 2.24) is 29.9 Å². The van der Waals surface area contributed by atoms with E-state index in [1.165, 1.54) is 12.1 Å². The predicted octanol–water partition coefficient (Wildman–Crippen LogP) is 4.12. The lowest BCUT2D eigenvalue weighted by atomic mass is 10.0. The molecule has 0 saturated carbocycles. The lowest BCUT2D eigenvalue weighted by molar-refractivity contribution is -0.136. The number of aryl methyl sites for hydroxylation is 1. The van der Waals surface area contributed by atoms with Crippen molar-refractivity contribution < 1.29 is 47.3 Å². The van der Waals surface area contributed by atoms with Crippen molar-refractivity contribution in [2.24, 2.45) is 7.05 Å². The SMILES string of the molecule is Cn1cc2c3cc(C(=O)NCCOCCOCCOCCOCCNc4cccc5c4C(=O)N(C4CCC(=O)NC4=O)C5=O)ccc3n(-c3ccc4cc(F)ccc4c3)c2n1. The van der Waals surface area contributed by atoms with Crippen molar-refractivity contribution in [3.05, 3.63) is 102 Å². The minimum Gasteiger partial charge on any atom is -0.382 e. The second kappa shape index (κ2) is 18.4. The second-order valence-electron chi connectivity index (χ2n) is 14.6. The van der Waals surface area contributed by atoms with Gasteiger partial charge in [-0.25, -0.2) is 4.39 Å². The number of ether oxygens (including phenoxy) is 4. The van der Waals surface area contributed by atoms with Gasteiger partial charge in [-0.1, -0.05) is 18.2 Å². The Morgan fingerprint density at radius 2 is 1.51 bits per heavy atom. The Labute approximate surface area is 348 Å². The molecule has 5 amide bonds. The molecule has 2 aliphatic rings. The number of aromatic nitrogens is 3. The largest absolute Gasteiger partial charge is 0.382 e. The van der Waals surface area contributed by atoms with Crippen molar-refractivity contribution in [2.75, 3.05) is 71.3 Å². The molecule has 0 spiro atoms. The first kappa shape index (κ1) is 41.2. The lowest BCUT2D eigenvalue weighted by Crippen LogP contribution is -2.54. The van der Waals surface area contributed by atoms with Gasteiger partial charge in [0, 0.05) is 60.5 Å². The average Bonchev–Trinajstić information content (AvgIpc) is 3.86. The predicted molar refractivity (Wildman–Crippen MR) is 222 cm³/mol. The summed E-state index contributed by atoms with van der Waals surface area (Å²) in [6.07, 6.45) is 2.08. The summed E-state index contributed by atoms with van der Waals surface area (Å²) in [5.74, 6) is -2.71. The summed E-state index contributed by atoms with van der Waals surface area (Å²) in [5, 5.41) is 16.5. The number of halogens is 1. The molecule has 0 radical (unpaired) electrons. The zero-order valence-corrected chi connectivity index (χ0v) is 33.4. The van der Waals surface area contributed by atoms with Crippen LogP contribution in [0.4, 0.5) is 10.1 Å². The van der Waals surface area contributed by atoms with Gasteiger partial charge in [0.15, 0.2) is 5.65 Å². The number of hydrogen-bond donors (Lipinski definition) is 3. The molecule has 61 heavy (non-hydrogen) atoms. The molecular weight excluding hydrogens is 790 g/mol. The van der Waals surface area contributed by atoms with Crippen LogP contribution in [0.15, 0.2) is 79.0 Å². The van der Waals surface area contributed by atoms with Crippen LogP contribution in [0.5, 0.6) is 0 Å². The first-order chi connectivity index (χ1) is 29.7. The maximum atomic E-state index is 13.8. The molecule has 4 aromatic carbocycles. The minimum absolute atomic E-state index is 0.0546. The third-order valence-corrected chi connectivity index (χ3v) is 10.5. The summed E-state index contributed by atoms with van der Waals surface area (Å²) in [7, 11) is 1.86. The Balaban J connectivity index is 0.687. The van der Waals surface area contributed by atoms with Crippen LogP contribution in [0, 0.1) is 5.82 Å². The molecule has 0 aliphatic carbocycles. The van der Waals surface area contributed by atoms with Crippen LogP contribution in [-0.2, 0) is 35.6 Å². The minimum atomic E-state index is -1.03. The number of benzene rings is 4. The van der Waals surface area contributed by atoms with E-state index in [1.807, 2.05) is 48.1 Å². The van der Waals surface area contributed by atoms with Crippen molar-refractivity contribution in [3.8, 4) is 5.69 Å². The molecule has 3 N–H and O–H groups in total. The monoisotopic (exact) mass is 833 g/mol. The number of imide groups is 2. The molecule has 0 bridgehead atoms. The van der Waals surface area contributed by atoms with E-state index in [2.05, 4.69) is 16.0 Å². The first-order valence-corrected chi connectivity index (χ1v) is 20.0. The Kier molecular flexibility index (Phi) is 12.4. The normalized spacial score (nSPS) is 15.3. The van der Waals surface area contributed by atoms with Gasteiger partial charge in [-0.05, 0) is 71.8 Å². The molecular formula is C44H44FN7O9. The molecule has 316 valence electrons. The van der Waals surface area contributed by atoms with E-state index >= 15 is 0 Å². The van der Waals surface area contributed by atoms with Gasteiger partial charge in [0.1, 0.15) is 11.9 Å². The van der Waals surface area contributed by atoms with Crippen molar-refractivity contribution in [3.63, 3.8) is 0 Å². The third kappa shape index (κ3) is 8.86. The molecule has 1 saturated heterocycles. The van der Waals surface area contributed by atoms with Crippen LogP contribution in [0.1, 0.15) is 43.9 Å². The second-order valence-corrected chi connectivity index (χ2v) is 14.6. The molecule has 1 atom stereocenters. The number of fused-ring (bicyclic) bond motifs is 5. The molecule has 16 nitrogen and oxygen atoms in total. The number of carbonyl (C=O) groups excluding carboxylic acids is 5. The molecule has 2 aliphatic heterocycles. The highest BCUT2D eigenvalue weighted by Gasteiger charge is 2.45. The van der Waals surface area contributed by atoms with E-state index in [1.54, 1.807) is 35.0 Å². The topological polar surface area (TPSA) is 184 Å². The highest BCUT2D eigenvalue weighted by molar-refractivity contribution is 6.25. The van der Waals surface area contributed by atoms with E-state index in [4.69, 9.17) is 24.0 Å². The lowest BCUT2D eigenvalue weighted by Gasteiger charge is -2.27. The molecule has 4 heterocycles. The molecule has 2 aromatic heterocycles. The zero-order valence-electron chi connectivity index (χ0n) is 33.4. The van der Waals surface area contributed by atoms with Crippen LogP contribution in [0.3, 0.4) is 0 Å². The number of piperidine rings is 1. The van der Waals surface area contributed by atoms with Gasteiger partial charge in [-0.15, -0.1) is 0 Å². The van der Waals surface area contributed by atoms with Crippen LogP contribution < -0.4 is 16.0 Å². The fourth-order valence-electron chi connectivity index (χ4n) is 7.66. The van der Waals surface area contributed by atoms with E-state index in [-0.39, 0.29) is 35.7 Å². The number of amides is 5. The number of rotatable bonds is 19. The van der Waals surface area contributed by atoms with Crippen LogP contribution in [-0.4, -0.2) is 121 Å². The van der Waals surface area contributed by atoms with E-state index < -0.39 is 29.7 Å². The smallest absolute Gasteiger partial charge is 0.264 e. The highest BCUT2D eigenvalue weighted by Crippen LogP contribution is 2.34. The summed E-state index contributed by atoms with van der Waals surface area (Å²) in [4.78, 5) is 64.1. The summed E-state index contributed by atoms with van der Waals surface area (Å²) < 4.78 is 39.9. The standard InChI is InChI=1S/C44H44FN7O9/c1-50-26-34-33-25-29(7-10-36(33)51(40(34)49-50)31-9-6-27-23-30(45)8-5-28(27)24-31)41(54)47-14-16-59-18-20-61-22-21-60-19-17-58-15-13-46-35-4-2-3-32-39(35)44(57)52(43(32)56)37-11-12-38(53)48-42(37)55/h2-10,23-26,37,46H,11-22H2,1H3,(H,47,54)(H,48,53,55). The van der Waals surface area contributed by atoms with Crippen LogP contribution in [0.2, 0.25) is 0 Å². The third-order valence-electron chi connectivity index (χ3n) is 10.5. The fourth-order valence-corrected chi connectivity index (χ4v) is 7.66. The maximum Gasteiger partial charge on any atom is 0.264 e. The Bertz CT molecular complexity index is 2660. The summed E-state index contributed by atoms with van der Waals surface area (Å²) >= 11 is 0. The summed E-state index contributed by atoms with van der Waals surface area (Å²) in [6, 6.07) is 20.0. The first-order valence-electron chi connectivity index (χ1n) is 20.0. The van der Waals surface area contributed by atoms with Gasteiger partial charge >= 0.3 is 0 Å². The molecule has 8 rings (SSSR count). The maximum absolute atomic E-state index is 13.8.